The number of rotatable bonds is 7. The lowest BCUT2D eigenvalue weighted by molar-refractivity contribution is -0.0328. The predicted molar refractivity (Wildman–Crippen MR) is 163 cm³/mol. The van der Waals surface area contributed by atoms with Crippen LogP contribution < -0.4 is 15.4 Å². The van der Waals surface area contributed by atoms with Gasteiger partial charge in [0.15, 0.2) is 9.84 Å². The van der Waals surface area contributed by atoms with Crippen LogP contribution in [-0.4, -0.2) is 85.3 Å². The predicted octanol–water partition coefficient (Wildman–Crippen LogP) is 5.58. The Bertz CT molecular complexity index is 1730. The van der Waals surface area contributed by atoms with Gasteiger partial charge in [0.1, 0.15) is 29.0 Å². The first-order valence-corrected chi connectivity index (χ1v) is 16.4. The van der Waals surface area contributed by atoms with Gasteiger partial charge in [-0.2, -0.15) is 18.3 Å². The van der Waals surface area contributed by atoms with Crippen LogP contribution in [0.1, 0.15) is 32.9 Å². The van der Waals surface area contributed by atoms with Crippen LogP contribution in [0, 0.1) is 11.8 Å². The number of fused-ring (bicyclic) bond motifs is 1. The van der Waals surface area contributed by atoms with Crippen LogP contribution >= 0.6 is 11.8 Å². The number of hydrogen-bond acceptors (Lipinski definition) is 9. The van der Waals surface area contributed by atoms with Gasteiger partial charge in [-0.3, -0.25) is 0 Å². The molecule has 0 bridgehead atoms. The van der Waals surface area contributed by atoms with E-state index >= 15 is 4.39 Å². The van der Waals surface area contributed by atoms with Crippen molar-refractivity contribution in [2.45, 2.75) is 60.3 Å². The van der Waals surface area contributed by atoms with Gasteiger partial charge in [-0.25, -0.2) is 22.1 Å². The number of nitrogens with zero attached hydrogens (tertiary/aromatic N) is 3. The van der Waals surface area contributed by atoms with Gasteiger partial charge >= 0.3 is 11.6 Å². The monoisotopic (exact) mass is 671 g/mol. The number of ether oxygens (including phenoxy) is 2. The van der Waals surface area contributed by atoms with Crippen LogP contribution in [0.25, 0.3) is 5.52 Å². The Morgan fingerprint density at radius 2 is 1.93 bits per heavy atom. The number of pyridine rings is 1. The highest BCUT2D eigenvalue weighted by Crippen LogP contribution is 2.41. The first-order valence-electron chi connectivity index (χ1n) is 13.7. The number of amides is 1. The van der Waals surface area contributed by atoms with Gasteiger partial charge in [0.25, 0.3) is 0 Å². The number of methoxy groups -OCH3 is 1. The fraction of sp³-hybridized carbons (Fsp3) is 0.448. The van der Waals surface area contributed by atoms with Crippen molar-refractivity contribution in [3.05, 3.63) is 42.1 Å². The summed E-state index contributed by atoms with van der Waals surface area (Å²) in [5.74, 6) is 5.95. The number of benzene rings is 1. The molecule has 0 aliphatic carbocycles. The molecule has 4 rings (SSSR count). The fourth-order valence-electron chi connectivity index (χ4n) is 4.52. The zero-order valence-electron chi connectivity index (χ0n) is 25.2. The number of likely N-dealkylation sites (tertiary alicyclic amines) is 1. The third kappa shape index (κ3) is 8.88. The maximum absolute atomic E-state index is 15.2. The minimum absolute atomic E-state index is 0.0244. The molecule has 1 aliphatic rings. The maximum Gasteiger partial charge on any atom is 0.446 e. The molecule has 244 valence electrons. The Morgan fingerprint density at radius 3 is 2.56 bits per heavy atom. The summed E-state index contributed by atoms with van der Waals surface area (Å²) in [7, 11) is -2.09. The molecule has 16 heteroatoms. The molecule has 10 nitrogen and oxygen atoms in total. The van der Waals surface area contributed by atoms with Crippen LogP contribution in [-0.2, 0) is 14.6 Å². The van der Waals surface area contributed by atoms with E-state index in [1.54, 1.807) is 26.8 Å². The lowest BCUT2D eigenvalue weighted by Crippen LogP contribution is -2.51. The lowest BCUT2D eigenvalue weighted by atomic mass is 10.0. The van der Waals surface area contributed by atoms with Crippen molar-refractivity contribution < 1.29 is 40.2 Å². The van der Waals surface area contributed by atoms with Gasteiger partial charge in [-0.1, -0.05) is 12.0 Å². The topological polar surface area (TPSA) is 114 Å². The van der Waals surface area contributed by atoms with E-state index in [4.69, 9.17) is 9.47 Å². The molecule has 1 saturated heterocycles. The van der Waals surface area contributed by atoms with Gasteiger partial charge in [0.2, 0.25) is 0 Å². The normalized spacial score (nSPS) is 17.4. The summed E-state index contributed by atoms with van der Waals surface area (Å²) in [6, 6.07) is 8.08. The van der Waals surface area contributed by atoms with Gasteiger partial charge in [0, 0.05) is 18.9 Å². The van der Waals surface area contributed by atoms with E-state index in [2.05, 4.69) is 27.6 Å². The number of nitrogens with one attached hydrogen (secondary N) is 2. The number of carbonyl (C=O) groups excluding carboxylic acids is 1. The third-order valence-electron chi connectivity index (χ3n) is 6.53. The molecule has 1 fully saturated rings. The van der Waals surface area contributed by atoms with Crippen molar-refractivity contribution in [2.75, 3.05) is 43.6 Å². The number of sulfone groups is 1. The van der Waals surface area contributed by atoms with E-state index in [-0.39, 0.29) is 70.4 Å². The van der Waals surface area contributed by atoms with Gasteiger partial charge < -0.3 is 25.0 Å². The Kier molecular flexibility index (Phi) is 10.0. The summed E-state index contributed by atoms with van der Waals surface area (Å²) in [5.41, 5.74) is -4.93. The SMILES string of the molecule is COc1cc(S(C)(=O)=O)ccc1NCC#Cc1nn2c(N[C@@H]3CCN(C(=O)OC(C)(C)C)C[C@@H]3F)cccc2c1SC(F)(F)F. The minimum Gasteiger partial charge on any atom is -0.495 e. The van der Waals surface area contributed by atoms with Crippen LogP contribution in [0.4, 0.5) is 33.9 Å². The number of halogens is 4. The van der Waals surface area contributed by atoms with Crippen LogP contribution in [0.15, 0.2) is 46.2 Å². The minimum atomic E-state index is -4.63. The molecule has 0 unspecified atom stereocenters. The quantitative estimate of drug-likeness (QED) is 0.189. The van der Waals surface area contributed by atoms with Crippen molar-refractivity contribution >= 4 is 44.7 Å². The molecular formula is C29H33F4N5O5S2. The highest BCUT2D eigenvalue weighted by molar-refractivity contribution is 8.00. The summed E-state index contributed by atoms with van der Waals surface area (Å²) in [5, 5.41) is 10.3. The maximum atomic E-state index is 15.2. The second-order valence-electron chi connectivity index (χ2n) is 11.2. The Morgan fingerprint density at radius 1 is 1.20 bits per heavy atom. The second-order valence-corrected chi connectivity index (χ2v) is 14.3. The first-order chi connectivity index (χ1) is 20.9. The molecule has 1 aromatic carbocycles. The second kappa shape index (κ2) is 13.3. The molecule has 1 aliphatic heterocycles. The standard InChI is InChI=1S/C29H33F4N5O5S2/c1-28(2,3)43-27(39)37-15-13-20(19(30)17-37)35-25-10-6-9-23-26(44-29(31,32)33)22(36-38(23)25)8-7-14-34-21-12-11-18(45(5,40)41)16-24(21)42-4/h6,9-12,16,19-20,34-35H,13-15,17H2,1-5H3/t19-,20+/m0/s1. The van der Waals surface area contributed by atoms with Gasteiger partial charge in [-0.15, -0.1) is 0 Å². The Balaban J connectivity index is 1.55. The number of hydrogen-bond donors (Lipinski definition) is 2. The van der Waals surface area contributed by atoms with Crippen LogP contribution in [0.3, 0.4) is 0 Å². The largest absolute Gasteiger partial charge is 0.495 e. The van der Waals surface area contributed by atoms with Crippen LogP contribution in [0.2, 0.25) is 0 Å². The molecule has 2 atom stereocenters. The molecule has 2 aromatic heterocycles. The Labute approximate surface area is 262 Å². The molecule has 0 radical (unpaired) electrons. The van der Waals surface area contributed by atoms with Crippen molar-refractivity contribution in [2.24, 2.45) is 0 Å². The number of carbonyl (C=O) groups is 1. The average molecular weight is 672 g/mol. The van der Waals surface area contributed by atoms with E-state index in [0.29, 0.717) is 5.69 Å². The molecule has 2 N–H and O–H groups in total. The summed E-state index contributed by atoms with van der Waals surface area (Å²) in [4.78, 5) is 13.5. The zero-order chi connectivity index (χ0) is 33.2. The van der Waals surface area contributed by atoms with E-state index in [1.807, 2.05) is 0 Å². The number of piperidine rings is 1. The van der Waals surface area contributed by atoms with Crippen LogP contribution in [0.5, 0.6) is 5.75 Å². The summed E-state index contributed by atoms with van der Waals surface area (Å²) in [6.07, 6.45) is -0.795. The average Bonchev–Trinajstić information content (AvgIpc) is 3.27. The van der Waals surface area contributed by atoms with Crippen molar-refractivity contribution in [3.63, 3.8) is 0 Å². The zero-order valence-corrected chi connectivity index (χ0v) is 26.8. The number of aromatic nitrogens is 2. The molecule has 3 heterocycles. The summed E-state index contributed by atoms with van der Waals surface area (Å²) >= 11 is -0.352. The molecule has 45 heavy (non-hydrogen) atoms. The van der Waals surface area contributed by atoms with E-state index in [9.17, 15) is 26.4 Å². The molecule has 0 saturated carbocycles. The van der Waals surface area contributed by atoms with Crippen molar-refractivity contribution in [1.82, 2.24) is 14.5 Å². The third-order valence-corrected chi connectivity index (χ3v) is 8.48. The van der Waals surface area contributed by atoms with Gasteiger partial charge in [-0.05, 0) is 69.1 Å². The molecule has 3 aromatic rings. The molecule has 1 amide bonds. The molecular weight excluding hydrogens is 638 g/mol. The first kappa shape index (κ1) is 34.0. The van der Waals surface area contributed by atoms with Crippen molar-refractivity contribution in [1.29, 1.82) is 0 Å². The fourth-order valence-corrected chi connectivity index (χ4v) is 5.84. The smallest absolute Gasteiger partial charge is 0.446 e. The molecule has 0 spiro atoms. The number of thioether (sulfide) groups is 1. The van der Waals surface area contributed by atoms with Gasteiger partial charge in [0.05, 0.1) is 47.2 Å². The van der Waals surface area contributed by atoms with Crippen molar-refractivity contribution in [3.8, 4) is 17.6 Å². The number of anilines is 2. The van der Waals surface area contributed by atoms with E-state index in [1.165, 1.54) is 46.9 Å². The highest BCUT2D eigenvalue weighted by Gasteiger charge is 2.35. The van der Waals surface area contributed by atoms with E-state index in [0.717, 1.165) is 6.26 Å². The summed E-state index contributed by atoms with van der Waals surface area (Å²) < 4.78 is 91.4. The lowest BCUT2D eigenvalue weighted by Gasteiger charge is -2.36. The van der Waals surface area contributed by atoms with E-state index < -0.39 is 39.3 Å². The summed E-state index contributed by atoms with van der Waals surface area (Å²) in [6.45, 7) is 5.15. The number of alkyl halides is 4. The highest BCUT2D eigenvalue weighted by atomic mass is 32.2. The Hall–Kier alpha value is -3.84.